The van der Waals surface area contributed by atoms with Gasteiger partial charge in [-0.1, -0.05) is 30.0 Å². The first-order valence-electron chi connectivity index (χ1n) is 5.13. The maximum absolute atomic E-state index is 13.3. The molecule has 19 heavy (non-hydrogen) atoms. The van der Waals surface area contributed by atoms with Gasteiger partial charge in [-0.2, -0.15) is 0 Å². The summed E-state index contributed by atoms with van der Waals surface area (Å²) in [5, 5.41) is -0.0512. The lowest BCUT2D eigenvalue weighted by atomic mass is 10.2. The lowest BCUT2D eigenvalue weighted by Gasteiger charge is -2.09. The van der Waals surface area contributed by atoms with Crippen LogP contribution in [0.3, 0.4) is 0 Å². The van der Waals surface area contributed by atoms with E-state index in [0.717, 1.165) is 23.9 Å². The lowest BCUT2D eigenvalue weighted by molar-refractivity contribution is -0.275. The van der Waals surface area contributed by atoms with Crippen molar-refractivity contribution in [2.45, 2.75) is 13.3 Å². The van der Waals surface area contributed by atoms with Crippen LogP contribution in [-0.4, -0.2) is 17.2 Å². The Morgan fingerprint density at radius 2 is 2.11 bits per heavy atom. The summed E-state index contributed by atoms with van der Waals surface area (Å²) in [5.41, 5.74) is 0.385. The Morgan fingerprint density at radius 3 is 2.63 bits per heavy atom. The molecule has 0 N–H and O–H groups in total. The SMILES string of the molecule is CC(=O)SCC=Cc1ccc(OC(F)(F)F)c(F)c1. The van der Waals surface area contributed by atoms with Gasteiger partial charge >= 0.3 is 6.36 Å². The summed E-state index contributed by atoms with van der Waals surface area (Å²) < 4.78 is 52.5. The average molecular weight is 294 g/mol. The number of hydrogen-bond donors (Lipinski definition) is 0. The normalized spacial score (nSPS) is 11.8. The van der Waals surface area contributed by atoms with Crippen molar-refractivity contribution in [1.82, 2.24) is 0 Å². The standard InChI is InChI=1S/C12H10F4O2S/c1-8(17)19-6-2-3-9-4-5-11(10(13)7-9)18-12(14,15)16/h2-5,7H,6H2,1H3. The minimum atomic E-state index is -4.92. The smallest absolute Gasteiger partial charge is 0.403 e. The molecule has 104 valence electrons. The van der Waals surface area contributed by atoms with Crippen LogP contribution in [0.5, 0.6) is 5.75 Å². The molecule has 7 heteroatoms. The number of ether oxygens (including phenoxy) is 1. The van der Waals surface area contributed by atoms with E-state index in [4.69, 9.17) is 0 Å². The summed E-state index contributed by atoms with van der Waals surface area (Å²) in [5.74, 6) is -1.56. The number of thioether (sulfide) groups is 1. The first-order valence-corrected chi connectivity index (χ1v) is 6.11. The third-order valence-corrected chi connectivity index (χ3v) is 2.64. The van der Waals surface area contributed by atoms with Gasteiger partial charge in [-0.05, 0) is 17.7 Å². The Balaban J connectivity index is 2.69. The van der Waals surface area contributed by atoms with Gasteiger partial charge in [0.25, 0.3) is 0 Å². The van der Waals surface area contributed by atoms with E-state index in [0.29, 0.717) is 11.3 Å². The first kappa shape index (κ1) is 15.6. The van der Waals surface area contributed by atoms with E-state index in [1.54, 1.807) is 6.08 Å². The second kappa shape index (κ2) is 6.60. The highest BCUT2D eigenvalue weighted by atomic mass is 32.2. The van der Waals surface area contributed by atoms with Crippen LogP contribution in [0.2, 0.25) is 0 Å². The quantitative estimate of drug-likeness (QED) is 0.785. The van der Waals surface area contributed by atoms with Gasteiger partial charge in [0.1, 0.15) is 0 Å². The zero-order valence-electron chi connectivity index (χ0n) is 9.83. The van der Waals surface area contributed by atoms with Crippen molar-refractivity contribution in [1.29, 1.82) is 0 Å². The summed E-state index contributed by atoms with van der Waals surface area (Å²) in [6.45, 7) is 1.42. The van der Waals surface area contributed by atoms with Gasteiger partial charge < -0.3 is 4.74 Å². The largest absolute Gasteiger partial charge is 0.573 e. The minimum absolute atomic E-state index is 0.0512. The van der Waals surface area contributed by atoms with Crippen molar-refractivity contribution in [3.8, 4) is 5.75 Å². The fourth-order valence-corrected chi connectivity index (χ4v) is 1.61. The van der Waals surface area contributed by atoms with Gasteiger partial charge in [-0.3, -0.25) is 4.79 Å². The van der Waals surface area contributed by atoms with E-state index in [1.807, 2.05) is 0 Å². The Labute approximate surface area is 111 Å². The summed E-state index contributed by atoms with van der Waals surface area (Å²) in [6, 6.07) is 3.12. The van der Waals surface area contributed by atoms with E-state index >= 15 is 0 Å². The molecule has 2 nitrogen and oxygen atoms in total. The number of rotatable bonds is 4. The van der Waals surface area contributed by atoms with Crippen LogP contribution in [0.4, 0.5) is 17.6 Å². The van der Waals surface area contributed by atoms with Crippen molar-refractivity contribution in [2.24, 2.45) is 0 Å². The van der Waals surface area contributed by atoms with Crippen molar-refractivity contribution in [2.75, 3.05) is 5.75 Å². The Hall–Kier alpha value is -1.50. The first-order chi connectivity index (χ1) is 8.78. The predicted molar refractivity (Wildman–Crippen MR) is 65.3 cm³/mol. The van der Waals surface area contributed by atoms with Crippen LogP contribution in [0, 0.1) is 5.82 Å². The fourth-order valence-electron chi connectivity index (χ4n) is 1.18. The van der Waals surface area contributed by atoms with E-state index < -0.39 is 17.9 Å². The molecule has 0 aliphatic heterocycles. The molecule has 0 aromatic heterocycles. The third-order valence-electron chi connectivity index (χ3n) is 1.87. The molecule has 1 aromatic rings. The number of benzene rings is 1. The molecule has 0 saturated carbocycles. The Kier molecular flexibility index (Phi) is 5.41. The topological polar surface area (TPSA) is 26.3 Å². The van der Waals surface area contributed by atoms with Crippen LogP contribution < -0.4 is 4.74 Å². The van der Waals surface area contributed by atoms with Crippen molar-refractivity contribution >= 4 is 23.0 Å². The fraction of sp³-hybridized carbons (Fsp3) is 0.250. The summed E-state index contributed by atoms with van der Waals surface area (Å²) in [6.07, 6.45) is -1.79. The summed E-state index contributed by atoms with van der Waals surface area (Å²) in [7, 11) is 0. The third kappa shape index (κ3) is 6.28. The molecule has 1 aromatic carbocycles. The molecule has 0 heterocycles. The van der Waals surface area contributed by atoms with Crippen molar-refractivity contribution in [3.05, 3.63) is 35.7 Å². The van der Waals surface area contributed by atoms with Crippen LogP contribution in [0.15, 0.2) is 24.3 Å². The molecule has 0 aliphatic carbocycles. The van der Waals surface area contributed by atoms with Crippen molar-refractivity contribution in [3.63, 3.8) is 0 Å². The summed E-state index contributed by atoms with van der Waals surface area (Å²) >= 11 is 1.07. The molecule has 0 atom stereocenters. The van der Waals surface area contributed by atoms with Crippen LogP contribution in [-0.2, 0) is 4.79 Å². The van der Waals surface area contributed by atoms with E-state index in [2.05, 4.69) is 4.74 Å². The Morgan fingerprint density at radius 1 is 1.42 bits per heavy atom. The number of alkyl halides is 3. The van der Waals surface area contributed by atoms with Crippen LogP contribution in [0.1, 0.15) is 12.5 Å². The molecule has 0 radical (unpaired) electrons. The maximum atomic E-state index is 13.3. The van der Waals surface area contributed by atoms with Gasteiger partial charge in [0, 0.05) is 12.7 Å². The highest BCUT2D eigenvalue weighted by molar-refractivity contribution is 8.13. The second-order valence-electron chi connectivity index (χ2n) is 3.44. The van der Waals surface area contributed by atoms with Crippen molar-refractivity contribution < 1.29 is 27.1 Å². The number of carbonyl (C=O) groups excluding carboxylic acids is 1. The molecule has 0 aliphatic rings. The number of halogens is 4. The zero-order valence-corrected chi connectivity index (χ0v) is 10.6. The molecule has 0 saturated heterocycles. The molecule has 0 fully saturated rings. The highest BCUT2D eigenvalue weighted by Gasteiger charge is 2.32. The molecular formula is C12H10F4O2S. The predicted octanol–water partition coefficient (Wildman–Crippen LogP) is 4.02. The van der Waals surface area contributed by atoms with E-state index in [9.17, 15) is 22.4 Å². The van der Waals surface area contributed by atoms with Gasteiger partial charge in [0.15, 0.2) is 16.7 Å². The molecular weight excluding hydrogens is 284 g/mol. The molecule has 0 bridgehead atoms. The van der Waals surface area contributed by atoms with Gasteiger partial charge in [0.2, 0.25) is 0 Å². The Bertz CT molecular complexity index is 483. The van der Waals surface area contributed by atoms with Gasteiger partial charge in [-0.15, -0.1) is 13.2 Å². The van der Waals surface area contributed by atoms with E-state index in [-0.39, 0.29) is 5.12 Å². The monoisotopic (exact) mass is 294 g/mol. The minimum Gasteiger partial charge on any atom is -0.403 e. The van der Waals surface area contributed by atoms with Gasteiger partial charge in [0.05, 0.1) is 0 Å². The molecule has 0 spiro atoms. The maximum Gasteiger partial charge on any atom is 0.573 e. The van der Waals surface area contributed by atoms with Gasteiger partial charge in [-0.25, -0.2) is 4.39 Å². The van der Waals surface area contributed by atoms with E-state index in [1.165, 1.54) is 19.1 Å². The van der Waals surface area contributed by atoms with Crippen LogP contribution >= 0.6 is 11.8 Å². The highest BCUT2D eigenvalue weighted by Crippen LogP contribution is 2.26. The number of carbonyl (C=O) groups is 1. The number of hydrogen-bond acceptors (Lipinski definition) is 3. The average Bonchev–Trinajstić information content (AvgIpc) is 2.26. The second-order valence-corrected chi connectivity index (χ2v) is 4.64. The zero-order chi connectivity index (χ0) is 14.5. The molecule has 1 rings (SSSR count). The van der Waals surface area contributed by atoms with Crippen LogP contribution in [0.25, 0.3) is 6.08 Å². The molecule has 0 amide bonds. The lowest BCUT2D eigenvalue weighted by Crippen LogP contribution is -2.17. The molecule has 0 unspecified atom stereocenters. The summed E-state index contributed by atoms with van der Waals surface area (Å²) in [4.78, 5) is 10.6.